The molecule has 1 fully saturated rings. The molecule has 0 aromatic heterocycles. The molecule has 152 valence electrons. The molecule has 0 bridgehead atoms. The zero-order valence-electron chi connectivity index (χ0n) is 15.7. The van der Waals surface area contributed by atoms with E-state index in [1.54, 1.807) is 18.2 Å². The van der Waals surface area contributed by atoms with Gasteiger partial charge in [0.05, 0.1) is 10.0 Å². The first-order chi connectivity index (χ1) is 13.9. The zero-order valence-corrected chi connectivity index (χ0v) is 17.2. The molecule has 1 heterocycles. The van der Waals surface area contributed by atoms with E-state index in [9.17, 15) is 14.4 Å². The van der Waals surface area contributed by atoms with Gasteiger partial charge in [-0.1, -0.05) is 59.6 Å². The molecule has 2 aromatic rings. The smallest absolute Gasteiger partial charge is 0.324 e. The normalized spacial score (nSPS) is 16.1. The van der Waals surface area contributed by atoms with Crippen LogP contribution in [0.2, 0.25) is 10.0 Å². The Morgan fingerprint density at radius 1 is 1.03 bits per heavy atom. The van der Waals surface area contributed by atoms with Gasteiger partial charge in [-0.25, -0.2) is 4.79 Å². The van der Waals surface area contributed by atoms with Crippen LogP contribution in [0.4, 0.5) is 4.79 Å². The Morgan fingerprint density at radius 2 is 1.79 bits per heavy atom. The van der Waals surface area contributed by atoms with Gasteiger partial charge in [0.15, 0.2) is 0 Å². The summed E-state index contributed by atoms with van der Waals surface area (Å²) in [5.74, 6) is -0.496. The Kier molecular flexibility index (Phi) is 7.12. The summed E-state index contributed by atoms with van der Waals surface area (Å²) in [6.07, 6.45) is 0.973. The van der Waals surface area contributed by atoms with Crippen LogP contribution in [0, 0.1) is 0 Å². The summed E-state index contributed by atoms with van der Waals surface area (Å²) in [7, 11) is 0. The molecule has 8 heteroatoms. The number of nitrogens with one attached hydrogen (secondary N) is 2. The maximum absolute atomic E-state index is 12.5. The minimum atomic E-state index is -0.672. The second-order valence-electron chi connectivity index (χ2n) is 6.79. The molecule has 0 saturated carbocycles. The van der Waals surface area contributed by atoms with E-state index in [1.165, 1.54) is 4.90 Å². The van der Waals surface area contributed by atoms with Gasteiger partial charge in [-0.05, 0) is 36.1 Å². The Balaban J connectivity index is 1.44. The lowest BCUT2D eigenvalue weighted by Crippen LogP contribution is -2.33. The van der Waals surface area contributed by atoms with Crippen molar-refractivity contribution in [3.05, 3.63) is 69.7 Å². The maximum atomic E-state index is 12.5. The number of amides is 4. The standard InChI is InChI=1S/C21H21Cl2N3O3/c22-16-7-6-15(12-17(16)23)13-24-19(27)9-8-18-20(28)26(21(29)25-18)11-10-14-4-2-1-3-5-14/h1-7,12,18H,8-11,13H2,(H,24,27)(H,25,29). The predicted molar refractivity (Wildman–Crippen MR) is 112 cm³/mol. The van der Waals surface area contributed by atoms with E-state index in [2.05, 4.69) is 10.6 Å². The minimum absolute atomic E-state index is 0.129. The highest BCUT2D eigenvalue weighted by molar-refractivity contribution is 6.42. The van der Waals surface area contributed by atoms with E-state index in [0.29, 0.717) is 29.6 Å². The molecular formula is C21H21Cl2N3O3. The van der Waals surface area contributed by atoms with Crippen LogP contribution in [-0.4, -0.2) is 35.3 Å². The lowest BCUT2D eigenvalue weighted by atomic mass is 10.1. The van der Waals surface area contributed by atoms with Crippen molar-refractivity contribution in [1.29, 1.82) is 0 Å². The molecule has 4 amide bonds. The highest BCUT2D eigenvalue weighted by atomic mass is 35.5. The van der Waals surface area contributed by atoms with E-state index >= 15 is 0 Å². The molecule has 1 atom stereocenters. The molecule has 2 N–H and O–H groups in total. The van der Waals surface area contributed by atoms with Crippen LogP contribution in [0.25, 0.3) is 0 Å². The van der Waals surface area contributed by atoms with Crippen molar-refractivity contribution < 1.29 is 14.4 Å². The molecule has 1 aliphatic rings. The van der Waals surface area contributed by atoms with Gasteiger partial charge in [0, 0.05) is 19.5 Å². The number of hydrogen-bond donors (Lipinski definition) is 2. The molecule has 0 radical (unpaired) electrons. The average Bonchev–Trinajstić information content (AvgIpc) is 2.99. The van der Waals surface area contributed by atoms with Crippen molar-refractivity contribution in [1.82, 2.24) is 15.5 Å². The fourth-order valence-corrected chi connectivity index (χ4v) is 3.40. The summed E-state index contributed by atoms with van der Waals surface area (Å²) in [5, 5.41) is 6.31. The van der Waals surface area contributed by atoms with Crippen LogP contribution in [0.15, 0.2) is 48.5 Å². The van der Waals surface area contributed by atoms with Gasteiger partial charge in [-0.2, -0.15) is 0 Å². The van der Waals surface area contributed by atoms with Gasteiger partial charge in [0.1, 0.15) is 6.04 Å². The number of carbonyl (C=O) groups is 3. The average molecular weight is 434 g/mol. The van der Waals surface area contributed by atoms with Gasteiger partial charge in [-0.3, -0.25) is 14.5 Å². The third-order valence-electron chi connectivity index (χ3n) is 4.71. The van der Waals surface area contributed by atoms with E-state index in [-0.39, 0.29) is 24.7 Å². The Morgan fingerprint density at radius 3 is 2.52 bits per heavy atom. The Bertz CT molecular complexity index is 905. The van der Waals surface area contributed by atoms with E-state index in [4.69, 9.17) is 23.2 Å². The quantitative estimate of drug-likeness (QED) is 0.624. The van der Waals surface area contributed by atoms with Gasteiger partial charge in [-0.15, -0.1) is 0 Å². The van der Waals surface area contributed by atoms with Gasteiger partial charge in [0.25, 0.3) is 5.91 Å². The number of imide groups is 1. The van der Waals surface area contributed by atoms with Crippen LogP contribution in [0.3, 0.4) is 0 Å². The summed E-state index contributed by atoms with van der Waals surface area (Å²) < 4.78 is 0. The third kappa shape index (κ3) is 5.71. The maximum Gasteiger partial charge on any atom is 0.324 e. The first kappa shape index (κ1) is 21.1. The largest absolute Gasteiger partial charge is 0.352 e. The van der Waals surface area contributed by atoms with Gasteiger partial charge >= 0.3 is 6.03 Å². The van der Waals surface area contributed by atoms with E-state index in [0.717, 1.165) is 11.1 Å². The molecule has 1 saturated heterocycles. The van der Waals surface area contributed by atoms with Crippen LogP contribution < -0.4 is 10.6 Å². The zero-order chi connectivity index (χ0) is 20.8. The lowest BCUT2D eigenvalue weighted by molar-refractivity contribution is -0.127. The highest BCUT2D eigenvalue weighted by Gasteiger charge is 2.37. The van der Waals surface area contributed by atoms with Crippen LogP contribution in [0.5, 0.6) is 0 Å². The highest BCUT2D eigenvalue weighted by Crippen LogP contribution is 2.22. The summed E-state index contributed by atoms with van der Waals surface area (Å²) in [6.45, 7) is 0.624. The summed E-state index contributed by atoms with van der Waals surface area (Å²) in [4.78, 5) is 37.9. The molecule has 2 aromatic carbocycles. The van der Waals surface area contributed by atoms with Crippen LogP contribution in [0.1, 0.15) is 24.0 Å². The van der Waals surface area contributed by atoms with Crippen molar-refractivity contribution in [2.45, 2.75) is 31.8 Å². The van der Waals surface area contributed by atoms with Crippen molar-refractivity contribution in [3.63, 3.8) is 0 Å². The summed E-state index contributed by atoms with van der Waals surface area (Å²) in [6, 6.07) is 13.7. The monoisotopic (exact) mass is 433 g/mol. The Labute approximate surface area is 179 Å². The van der Waals surface area contributed by atoms with Crippen molar-refractivity contribution in [2.24, 2.45) is 0 Å². The molecule has 1 unspecified atom stereocenters. The molecular weight excluding hydrogens is 413 g/mol. The fraction of sp³-hybridized carbons (Fsp3) is 0.286. The first-order valence-electron chi connectivity index (χ1n) is 9.30. The SMILES string of the molecule is O=C(CCC1NC(=O)N(CCc2ccccc2)C1=O)NCc1ccc(Cl)c(Cl)c1. The number of carbonyl (C=O) groups excluding carboxylic acids is 3. The number of hydrogen-bond acceptors (Lipinski definition) is 3. The number of halogens is 2. The summed E-state index contributed by atoms with van der Waals surface area (Å²) >= 11 is 11.8. The molecule has 3 rings (SSSR count). The molecule has 0 spiro atoms. The van der Waals surface area contributed by atoms with E-state index in [1.807, 2.05) is 30.3 Å². The molecule has 0 aliphatic carbocycles. The number of rotatable bonds is 8. The second-order valence-corrected chi connectivity index (χ2v) is 7.61. The molecule has 29 heavy (non-hydrogen) atoms. The number of benzene rings is 2. The lowest BCUT2D eigenvalue weighted by Gasteiger charge is -2.13. The van der Waals surface area contributed by atoms with Crippen molar-refractivity contribution >= 4 is 41.0 Å². The third-order valence-corrected chi connectivity index (χ3v) is 5.45. The summed E-state index contributed by atoms with van der Waals surface area (Å²) in [5.41, 5.74) is 1.88. The molecule has 6 nitrogen and oxygen atoms in total. The predicted octanol–water partition coefficient (Wildman–Crippen LogP) is 3.55. The van der Waals surface area contributed by atoms with Crippen LogP contribution in [-0.2, 0) is 22.6 Å². The van der Waals surface area contributed by atoms with Crippen molar-refractivity contribution in [2.75, 3.05) is 6.54 Å². The van der Waals surface area contributed by atoms with Gasteiger partial charge < -0.3 is 10.6 Å². The Hall–Kier alpha value is -2.57. The minimum Gasteiger partial charge on any atom is -0.352 e. The number of nitrogens with zero attached hydrogens (tertiary/aromatic N) is 1. The molecule has 1 aliphatic heterocycles. The number of urea groups is 1. The van der Waals surface area contributed by atoms with Gasteiger partial charge in [0.2, 0.25) is 5.91 Å². The van der Waals surface area contributed by atoms with E-state index < -0.39 is 12.1 Å². The second kappa shape index (κ2) is 9.76. The van der Waals surface area contributed by atoms with Crippen LogP contribution >= 0.6 is 23.2 Å². The fourth-order valence-electron chi connectivity index (χ4n) is 3.08. The first-order valence-corrected chi connectivity index (χ1v) is 10.1. The topological polar surface area (TPSA) is 78.5 Å². The van der Waals surface area contributed by atoms with Crippen molar-refractivity contribution in [3.8, 4) is 0 Å².